The van der Waals surface area contributed by atoms with Crippen molar-refractivity contribution in [1.29, 1.82) is 0 Å². The summed E-state index contributed by atoms with van der Waals surface area (Å²) in [7, 11) is 0. The predicted octanol–water partition coefficient (Wildman–Crippen LogP) is 3.18. The maximum atomic E-state index is 13.7. The van der Waals surface area contributed by atoms with Crippen LogP contribution in [0.4, 0.5) is 17.6 Å². The van der Waals surface area contributed by atoms with Crippen LogP contribution in [-0.4, -0.2) is 30.5 Å². The molecule has 0 saturated carbocycles. The molecule has 124 valence electrons. The highest BCUT2D eigenvalue weighted by molar-refractivity contribution is 5.35. The zero-order valence-electron chi connectivity index (χ0n) is 12.0. The third kappa shape index (κ3) is 6.44. The molecule has 0 heterocycles. The first-order chi connectivity index (χ1) is 10.4. The molecule has 0 amide bonds. The molecule has 0 aromatic heterocycles. The summed E-state index contributed by atoms with van der Waals surface area (Å²) in [5, 5.41) is 12.2. The number of hydrogen-bond acceptors (Lipinski definition) is 3. The first kappa shape index (κ1) is 18.4. The van der Waals surface area contributed by atoms with Gasteiger partial charge in [0.25, 0.3) is 0 Å². The van der Waals surface area contributed by atoms with Crippen LogP contribution in [0.15, 0.2) is 30.9 Å². The van der Waals surface area contributed by atoms with E-state index >= 15 is 0 Å². The second kappa shape index (κ2) is 8.75. The van der Waals surface area contributed by atoms with E-state index in [4.69, 9.17) is 0 Å². The second-order valence-electron chi connectivity index (χ2n) is 4.76. The van der Waals surface area contributed by atoms with E-state index in [-0.39, 0.29) is 24.8 Å². The van der Waals surface area contributed by atoms with Crippen molar-refractivity contribution in [2.24, 2.45) is 0 Å². The molecule has 0 fully saturated rings. The molecule has 0 spiro atoms. The van der Waals surface area contributed by atoms with Crippen molar-refractivity contribution < 1.29 is 27.4 Å². The molecular formula is C15H19F4NO2. The fraction of sp³-hybridized carbons (Fsp3) is 0.467. The molecule has 0 unspecified atom stereocenters. The van der Waals surface area contributed by atoms with Crippen molar-refractivity contribution >= 4 is 0 Å². The highest BCUT2D eigenvalue weighted by atomic mass is 19.4. The lowest BCUT2D eigenvalue weighted by atomic mass is 10.1. The Balaban J connectivity index is 2.73. The standard InChI is InChI=1S/C15H19F4NO2/c1-2-3-6-12(9-21)20-8-11-5-4-7-13(16)14(11)22-10-15(17,18)19/h2,4-5,7,12,20-21H,1,3,6,8-10H2/t12-/m0/s1. The first-order valence-corrected chi connectivity index (χ1v) is 6.79. The lowest BCUT2D eigenvalue weighted by Gasteiger charge is -2.18. The lowest BCUT2D eigenvalue weighted by Crippen LogP contribution is -2.32. The molecule has 0 aliphatic rings. The first-order valence-electron chi connectivity index (χ1n) is 6.79. The SMILES string of the molecule is C=CCC[C@@H](CO)NCc1cccc(F)c1OCC(F)(F)F. The number of alkyl halides is 3. The lowest BCUT2D eigenvalue weighted by molar-refractivity contribution is -0.153. The number of para-hydroxylation sites is 1. The summed E-state index contributed by atoms with van der Waals surface area (Å²) in [5.41, 5.74) is 0.265. The van der Waals surface area contributed by atoms with Crippen LogP contribution in [0.2, 0.25) is 0 Å². The Bertz CT molecular complexity index is 477. The molecule has 0 aliphatic heterocycles. The van der Waals surface area contributed by atoms with E-state index in [1.807, 2.05) is 0 Å². The van der Waals surface area contributed by atoms with Crippen molar-refractivity contribution in [3.63, 3.8) is 0 Å². The van der Waals surface area contributed by atoms with Crippen molar-refractivity contribution in [3.05, 3.63) is 42.2 Å². The smallest absolute Gasteiger partial charge is 0.422 e. The van der Waals surface area contributed by atoms with Gasteiger partial charge in [0.2, 0.25) is 0 Å². The van der Waals surface area contributed by atoms with Crippen molar-refractivity contribution in [3.8, 4) is 5.75 Å². The van der Waals surface area contributed by atoms with Crippen molar-refractivity contribution in [1.82, 2.24) is 5.32 Å². The Kier molecular flexibility index (Phi) is 7.34. The van der Waals surface area contributed by atoms with E-state index in [9.17, 15) is 22.7 Å². The molecule has 0 bridgehead atoms. The maximum absolute atomic E-state index is 13.7. The molecule has 7 heteroatoms. The summed E-state index contributed by atoms with van der Waals surface area (Å²) in [6.45, 7) is 1.97. The monoisotopic (exact) mass is 321 g/mol. The number of nitrogens with one attached hydrogen (secondary N) is 1. The summed E-state index contributed by atoms with van der Waals surface area (Å²) < 4.78 is 54.8. The molecular weight excluding hydrogens is 302 g/mol. The van der Waals surface area contributed by atoms with Gasteiger partial charge >= 0.3 is 6.18 Å². The minimum atomic E-state index is -4.54. The van der Waals surface area contributed by atoms with Crippen LogP contribution in [0.5, 0.6) is 5.75 Å². The van der Waals surface area contributed by atoms with Gasteiger partial charge in [0, 0.05) is 18.2 Å². The zero-order valence-corrected chi connectivity index (χ0v) is 12.0. The number of ether oxygens (including phenoxy) is 1. The summed E-state index contributed by atoms with van der Waals surface area (Å²) in [6.07, 6.45) is -1.54. The third-order valence-electron chi connectivity index (χ3n) is 2.95. The summed E-state index contributed by atoms with van der Waals surface area (Å²) in [6, 6.07) is 3.65. The highest BCUT2D eigenvalue weighted by Gasteiger charge is 2.29. The van der Waals surface area contributed by atoms with Gasteiger partial charge < -0.3 is 15.2 Å². The molecule has 22 heavy (non-hydrogen) atoms. The van der Waals surface area contributed by atoms with Crippen LogP contribution in [0.25, 0.3) is 0 Å². The van der Waals surface area contributed by atoms with Gasteiger partial charge in [0.1, 0.15) is 0 Å². The quantitative estimate of drug-likeness (QED) is 0.542. The number of aliphatic hydroxyl groups excluding tert-OH is 1. The van der Waals surface area contributed by atoms with E-state index < -0.39 is 24.3 Å². The molecule has 1 aromatic rings. The van der Waals surface area contributed by atoms with Gasteiger partial charge in [-0.05, 0) is 18.9 Å². The van der Waals surface area contributed by atoms with E-state index in [0.717, 1.165) is 6.07 Å². The van der Waals surface area contributed by atoms with Crippen LogP contribution in [0, 0.1) is 5.82 Å². The molecule has 1 rings (SSSR count). The predicted molar refractivity (Wildman–Crippen MR) is 75.1 cm³/mol. The van der Waals surface area contributed by atoms with Gasteiger partial charge in [0.05, 0.1) is 6.61 Å². The van der Waals surface area contributed by atoms with Crippen LogP contribution in [0.1, 0.15) is 18.4 Å². The summed E-state index contributed by atoms with van der Waals surface area (Å²) >= 11 is 0. The van der Waals surface area contributed by atoms with Gasteiger partial charge in [-0.15, -0.1) is 6.58 Å². The van der Waals surface area contributed by atoms with E-state index in [2.05, 4.69) is 16.6 Å². The number of hydrogen-bond donors (Lipinski definition) is 2. The minimum Gasteiger partial charge on any atom is -0.481 e. The minimum absolute atomic E-state index is 0.0906. The molecule has 1 aromatic carbocycles. The second-order valence-corrected chi connectivity index (χ2v) is 4.76. The maximum Gasteiger partial charge on any atom is 0.422 e. The Hall–Kier alpha value is -1.60. The molecule has 1 atom stereocenters. The van der Waals surface area contributed by atoms with E-state index in [0.29, 0.717) is 12.8 Å². The Morgan fingerprint density at radius 1 is 1.36 bits per heavy atom. The zero-order chi connectivity index (χ0) is 16.6. The molecule has 0 aliphatic carbocycles. The van der Waals surface area contributed by atoms with Crippen LogP contribution < -0.4 is 10.1 Å². The summed E-state index contributed by atoms with van der Waals surface area (Å²) in [5.74, 6) is -1.28. The van der Waals surface area contributed by atoms with Gasteiger partial charge in [-0.2, -0.15) is 13.2 Å². The van der Waals surface area contributed by atoms with Crippen LogP contribution >= 0.6 is 0 Å². The normalized spacial score (nSPS) is 13.0. The van der Waals surface area contributed by atoms with Gasteiger partial charge in [0.15, 0.2) is 18.2 Å². The molecule has 3 nitrogen and oxygen atoms in total. The number of aliphatic hydroxyl groups is 1. The number of benzene rings is 1. The van der Waals surface area contributed by atoms with Crippen LogP contribution in [0.3, 0.4) is 0 Å². The molecule has 0 saturated heterocycles. The van der Waals surface area contributed by atoms with Gasteiger partial charge in [-0.25, -0.2) is 4.39 Å². The molecule has 0 radical (unpaired) electrons. The number of halogens is 4. The van der Waals surface area contributed by atoms with E-state index in [1.54, 1.807) is 6.08 Å². The fourth-order valence-corrected chi connectivity index (χ4v) is 1.84. The Morgan fingerprint density at radius 3 is 2.68 bits per heavy atom. The van der Waals surface area contributed by atoms with Gasteiger partial charge in [-0.3, -0.25) is 0 Å². The Labute approximate surface area is 126 Å². The van der Waals surface area contributed by atoms with Crippen molar-refractivity contribution in [2.75, 3.05) is 13.2 Å². The fourth-order valence-electron chi connectivity index (χ4n) is 1.84. The average molecular weight is 321 g/mol. The van der Waals surface area contributed by atoms with Crippen molar-refractivity contribution in [2.45, 2.75) is 31.6 Å². The molecule has 2 N–H and O–H groups in total. The largest absolute Gasteiger partial charge is 0.481 e. The van der Waals surface area contributed by atoms with Crippen LogP contribution in [-0.2, 0) is 6.54 Å². The van der Waals surface area contributed by atoms with E-state index in [1.165, 1.54) is 12.1 Å². The van der Waals surface area contributed by atoms with Gasteiger partial charge in [-0.1, -0.05) is 18.2 Å². The average Bonchev–Trinajstić information content (AvgIpc) is 2.45. The topological polar surface area (TPSA) is 41.5 Å². The number of rotatable bonds is 9. The summed E-state index contributed by atoms with van der Waals surface area (Å²) in [4.78, 5) is 0. The Morgan fingerprint density at radius 2 is 2.09 bits per heavy atom. The number of allylic oxidation sites excluding steroid dienone is 1. The third-order valence-corrected chi connectivity index (χ3v) is 2.95. The highest BCUT2D eigenvalue weighted by Crippen LogP contribution is 2.25.